The first-order chi connectivity index (χ1) is 8.91. The smallest absolute Gasteiger partial charge is 0.230 e. The van der Waals surface area contributed by atoms with Crippen LogP contribution in [0.15, 0.2) is 30.3 Å². The molecule has 1 aromatic rings. The number of rotatable bonds is 3. The number of carbonyl (C=O) groups excluding carboxylic acids is 2. The van der Waals surface area contributed by atoms with Gasteiger partial charge in [-0.05, 0) is 19.4 Å². The van der Waals surface area contributed by atoms with Crippen molar-refractivity contribution in [3.05, 3.63) is 35.9 Å². The summed E-state index contributed by atoms with van der Waals surface area (Å²) in [6.07, 6.45) is 0.396. The number of benzene rings is 1. The van der Waals surface area contributed by atoms with Crippen LogP contribution < -0.4 is 5.32 Å². The second kappa shape index (κ2) is 5.03. The molecule has 0 bridgehead atoms. The van der Waals surface area contributed by atoms with Gasteiger partial charge in [0.15, 0.2) is 0 Å². The van der Waals surface area contributed by atoms with Crippen LogP contribution in [0.25, 0.3) is 0 Å². The standard InChI is InChI=1S/C15H20N2O2/c1-15(2,11-7-5-4-6-8-11)14(19)16-12-9-13(18)17(3)10-12/h4-8,12H,9-10H2,1-3H3,(H,16,19). The fourth-order valence-corrected chi connectivity index (χ4v) is 2.31. The molecule has 1 saturated heterocycles. The average molecular weight is 260 g/mol. The van der Waals surface area contributed by atoms with Crippen molar-refractivity contribution >= 4 is 11.8 Å². The number of hydrogen-bond donors (Lipinski definition) is 1. The molecule has 1 aliphatic rings. The number of carbonyl (C=O) groups is 2. The molecule has 0 aliphatic carbocycles. The largest absolute Gasteiger partial charge is 0.350 e. The first-order valence-electron chi connectivity index (χ1n) is 6.51. The summed E-state index contributed by atoms with van der Waals surface area (Å²) in [7, 11) is 1.76. The van der Waals surface area contributed by atoms with Crippen LogP contribution in [0.4, 0.5) is 0 Å². The second-order valence-electron chi connectivity index (χ2n) is 5.64. The van der Waals surface area contributed by atoms with Gasteiger partial charge >= 0.3 is 0 Å². The Labute approximate surface area is 113 Å². The van der Waals surface area contributed by atoms with E-state index in [2.05, 4.69) is 5.32 Å². The van der Waals surface area contributed by atoms with Crippen molar-refractivity contribution in [1.82, 2.24) is 10.2 Å². The van der Waals surface area contributed by atoms with Crippen LogP contribution in [0, 0.1) is 0 Å². The lowest BCUT2D eigenvalue weighted by atomic mass is 9.83. The first-order valence-corrected chi connectivity index (χ1v) is 6.51. The first kappa shape index (κ1) is 13.6. The lowest BCUT2D eigenvalue weighted by molar-refractivity contribution is -0.126. The monoisotopic (exact) mass is 260 g/mol. The van der Waals surface area contributed by atoms with E-state index in [1.54, 1.807) is 11.9 Å². The Morgan fingerprint density at radius 1 is 1.32 bits per heavy atom. The van der Waals surface area contributed by atoms with Gasteiger partial charge < -0.3 is 10.2 Å². The van der Waals surface area contributed by atoms with Gasteiger partial charge in [0.25, 0.3) is 0 Å². The zero-order valence-corrected chi connectivity index (χ0v) is 11.6. The minimum Gasteiger partial charge on any atom is -0.350 e. The van der Waals surface area contributed by atoms with E-state index in [9.17, 15) is 9.59 Å². The number of likely N-dealkylation sites (tertiary alicyclic amines) is 1. The van der Waals surface area contributed by atoms with Gasteiger partial charge in [-0.1, -0.05) is 30.3 Å². The van der Waals surface area contributed by atoms with E-state index in [-0.39, 0.29) is 17.9 Å². The maximum atomic E-state index is 12.4. The third-order valence-corrected chi connectivity index (χ3v) is 3.74. The van der Waals surface area contributed by atoms with E-state index in [1.807, 2.05) is 44.2 Å². The Bertz CT molecular complexity index is 482. The summed E-state index contributed by atoms with van der Waals surface area (Å²) in [5, 5.41) is 2.98. The summed E-state index contributed by atoms with van der Waals surface area (Å²) in [4.78, 5) is 25.5. The highest BCUT2D eigenvalue weighted by Crippen LogP contribution is 2.23. The van der Waals surface area contributed by atoms with Crippen LogP contribution in [-0.4, -0.2) is 36.3 Å². The van der Waals surface area contributed by atoms with Crippen LogP contribution in [0.2, 0.25) is 0 Å². The topological polar surface area (TPSA) is 49.4 Å². The molecule has 2 rings (SSSR count). The van der Waals surface area contributed by atoms with E-state index in [0.29, 0.717) is 13.0 Å². The fraction of sp³-hybridized carbons (Fsp3) is 0.467. The lowest BCUT2D eigenvalue weighted by Gasteiger charge is -2.26. The zero-order valence-electron chi connectivity index (χ0n) is 11.6. The number of likely N-dealkylation sites (N-methyl/N-ethyl adjacent to an activating group) is 1. The number of nitrogens with zero attached hydrogens (tertiary/aromatic N) is 1. The Balaban J connectivity index is 2.06. The van der Waals surface area contributed by atoms with E-state index >= 15 is 0 Å². The normalized spacial score (nSPS) is 19.6. The maximum absolute atomic E-state index is 12.4. The van der Waals surface area contributed by atoms with Gasteiger partial charge in [-0.3, -0.25) is 9.59 Å². The molecule has 1 aliphatic heterocycles. The molecule has 2 amide bonds. The third kappa shape index (κ3) is 2.78. The van der Waals surface area contributed by atoms with Crippen molar-refractivity contribution in [3.63, 3.8) is 0 Å². The SMILES string of the molecule is CN1CC(NC(=O)C(C)(C)c2ccccc2)CC1=O. The molecule has 4 heteroatoms. The number of nitrogens with one attached hydrogen (secondary N) is 1. The molecule has 19 heavy (non-hydrogen) atoms. The van der Waals surface area contributed by atoms with Gasteiger partial charge in [0, 0.05) is 20.0 Å². The van der Waals surface area contributed by atoms with Crippen LogP contribution in [-0.2, 0) is 15.0 Å². The third-order valence-electron chi connectivity index (χ3n) is 3.74. The van der Waals surface area contributed by atoms with Crippen molar-refractivity contribution in [1.29, 1.82) is 0 Å². The summed E-state index contributed by atoms with van der Waals surface area (Å²) in [6.45, 7) is 4.39. The molecule has 0 saturated carbocycles. The highest BCUT2D eigenvalue weighted by Gasteiger charge is 2.34. The van der Waals surface area contributed by atoms with Gasteiger partial charge in [-0.15, -0.1) is 0 Å². The fourth-order valence-electron chi connectivity index (χ4n) is 2.31. The van der Waals surface area contributed by atoms with Gasteiger partial charge in [0.1, 0.15) is 0 Å². The van der Waals surface area contributed by atoms with Gasteiger partial charge in [-0.2, -0.15) is 0 Å². The summed E-state index contributed by atoms with van der Waals surface area (Å²) < 4.78 is 0. The molecular formula is C15H20N2O2. The summed E-state index contributed by atoms with van der Waals surface area (Å²) >= 11 is 0. The van der Waals surface area contributed by atoms with Crippen molar-refractivity contribution < 1.29 is 9.59 Å². The number of amides is 2. The van der Waals surface area contributed by atoms with Crippen LogP contribution in [0.1, 0.15) is 25.8 Å². The molecule has 1 aromatic carbocycles. The van der Waals surface area contributed by atoms with Gasteiger partial charge in [-0.25, -0.2) is 0 Å². The molecule has 4 nitrogen and oxygen atoms in total. The minimum absolute atomic E-state index is 0.0354. The second-order valence-corrected chi connectivity index (χ2v) is 5.64. The average Bonchev–Trinajstić information content (AvgIpc) is 2.69. The van der Waals surface area contributed by atoms with Gasteiger partial charge in [0.05, 0.1) is 11.5 Å². The lowest BCUT2D eigenvalue weighted by Crippen LogP contribution is -2.46. The van der Waals surface area contributed by atoms with Crippen molar-refractivity contribution in [2.75, 3.05) is 13.6 Å². The van der Waals surface area contributed by atoms with Crippen LogP contribution >= 0.6 is 0 Å². The minimum atomic E-state index is -0.592. The molecule has 1 atom stereocenters. The van der Waals surface area contributed by atoms with Crippen molar-refractivity contribution in [2.24, 2.45) is 0 Å². The Morgan fingerprint density at radius 2 is 1.95 bits per heavy atom. The Kier molecular flexibility index (Phi) is 3.60. The summed E-state index contributed by atoms with van der Waals surface area (Å²) in [5.74, 6) is 0.0506. The molecule has 0 aromatic heterocycles. The molecule has 0 spiro atoms. The number of hydrogen-bond acceptors (Lipinski definition) is 2. The molecular weight excluding hydrogens is 240 g/mol. The maximum Gasteiger partial charge on any atom is 0.230 e. The summed E-state index contributed by atoms with van der Waals surface area (Å²) in [5.41, 5.74) is 0.385. The predicted molar refractivity (Wildman–Crippen MR) is 73.7 cm³/mol. The van der Waals surface area contributed by atoms with E-state index in [1.165, 1.54) is 0 Å². The van der Waals surface area contributed by atoms with Crippen molar-refractivity contribution in [2.45, 2.75) is 31.7 Å². The van der Waals surface area contributed by atoms with Crippen molar-refractivity contribution in [3.8, 4) is 0 Å². The molecule has 0 radical (unpaired) electrons. The molecule has 1 heterocycles. The predicted octanol–water partition coefficient (Wildman–Crippen LogP) is 1.31. The molecule has 102 valence electrons. The highest BCUT2D eigenvalue weighted by molar-refractivity contribution is 5.88. The Morgan fingerprint density at radius 3 is 2.47 bits per heavy atom. The van der Waals surface area contributed by atoms with Crippen LogP contribution in [0.5, 0.6) is 0 Å². The molecule has 1 unspecified atom stereocenters. The molecule has 1 N–H and O–H groups in total. The van der Waals surface area contributed by atoms with E-state index in [0.717, 1.165) is 5.56 Å². The van der Waals surface area contributed by atoms with E-state index < -0.39 is 5.41 Å². The van der Waals surface area contributed by atoms with E-state index in [4.69, 9.17) is 0 Å². The highest BCUT2D eigenvalue weighted by atomic mass is 16.2. The molecule has 1 fully saturated rings. The quantitative estimate of drug-likeness (QED) is 0.891. The summed E-state index contributed by atoms with van der Waals surface area (Å²) in [6, 6.07) is 9.61. The van der Waals surface area contributed by atoms with Crippen LogP contribution in [0.3, 0.4) is 0 Å². The Hall–Kier alpha value is -1.84. The zero-order chi connectivity index (χ0) is 14.0. The van der Waals surface area contributed by atoms with Gasteiger partial charge in [0.2, 0.25) is 11.8 Å².